The van der Waals surface area contributed by atoms with E-state index in [0.717, 1.165) is 12.1 Å². The Kier molecular flexibility index (Phi) is 5.11. The number of aromatic nitrogens is 1. The van der Waals surface area contributed by atoms with E-state index in [9.17, 15) is 18.4 Å². The fourth-order valence-electron chi connectivity index (χ4n) is 2.75. The fraction of sp³-hybridized carbons (Fsp3) is 0.278. The summed E-state index contributed by atoms with van der Waals surface area (Å²) in [6.45, 7) is 3.42. The third-order valence-electron chi connectivity index (χ3n) is 4.24. The van der Waals surface area contributed by atoms with E-state index < -0.39 is 11.6 Å². The molecule has 136 valence electrons. The number of nitrogens with zero attached hydrogens (tertiary/aromatic N) is 3. The van der Waals surface area contributed by atoms with Gasteiger partial charge in [-0.05, 0) is 24.3 Å². The van der Waals surface area contributed by atoms with E-state index in [1.807, 2.05) is 0 Å². The SMILES string of the molecule is CC(=O)N1CCN(C(=O)c2ccc(Nc3c(F)cccc3F)nc2)CC1. The third kappa shape index (κ3) is 3.79. The topological polar surface area (TPSA) is 65.5 Å². The van der Waals surface area contributed by atoms with Crippen LogP contribution in [0.1, 0.15) is 17.3 Å². The number of piperazine rings is 1. The number of benzene rings is 1. The van der Waals surface area contributed by atoms with Crippen molar-refractivity contribution < 1.29 is 18.4 Å². The molecule has 1 aliphatic heterocycles. The molecule has 3 rings (SSSR count). The molecule has 1 aromatic carbocycles. The molecule has 8 heteroatoms. The second kappa shape index (κ2) is 7.47. The van der Waals surface area contributed by atoms with Crippen LogP contribution in [0.5, 0.6) is 0 Å². The summed E-state index contributed by atoms with van der Waals surface area (Å²) >= 11 is 0. The van der Waals surface area contributed by atoms with Crippen LogP contribution in [0.15, 0.2) is 36.5 Å². The molecule has 6 nitrogen and oxygen atoms in total. The summed E-state index contributed by atoms with van der Waals surface area (Å²) in [5.74, 6) is -1.42. The van der Waals surface area contributed by atoms with Crippen molar-refractivity contribution in [2.24, 2.45) is 0 Å². The predicted molar refractivity (Wildman–Crippen MR) is 92.0 cm³/mol. The van der Waals surface area contributed by atoms with Gasteiger partial charge in [0.15, 0.2) is 0 Å². The van der Waals surface area contributed by atoms with E-state index >= 15 is 0 Å². The molecule has 0 atom stereocenters. The van der Waals surface area contributed by atoms with Gasteiger partial charge >= 0.3 is 0 Å². The summed E-state index contributed by atoms with van der Waals surface area (Å²) in [5.41, 5.74) is 0.0836. The maximum absolute atomic E-state index is 13.7. The molecule has 0 saturated carbocycles. The van der Waals surface area contributed by atoms with Crippen LogP contribution >= 0.6 is 0 Å². The molecule has 26 heavy (non-hydrogen) atoms. The van der Waals surface area contributed by atoms with Crippen LogP contribution in [-0.2, 0) is 4.79 Å². The molecule has 2 aromatic rings. The van der Waals surface area contributed by atoms with Gasteiger partial charge in [-0.1, -0.05) is 6.07 Å². The Balaban J connectivity index is 1.66. The first-order valence-corrected chi connectivity index (χ1v) is 8.17. The molecule has 0 radical (unpaired) electrons. The Hall–Kier alpha value is -3.03. The van der Waals surface area contributed by atoms with Crippen LogP contribution in [-0.4, -0.2) is 52.8 Å². The molecule has 1 aliphatic rings. The van der Waals surface area contributed by atoms with Gasteiger partial charge in [0, 0.05) is 39.3 Å². The van der Waals surface area contributed by atoms with E-state index in [2.05, 4.69) is 10.3 Å². The molecular formula is C18H18F2N4O2. The smallest absolute Gasteiger partial charge is 0.255 e. The van der Waals surface area contributed by atoms with Crippen molar-refractivity contribution in [3.63, 3.8) is 0 Å². The maximum atomic E-state index is 13.7. The van der Waals surface area contributed by atoms with Crippen molar-refractivity contribution in [3.8, 4) is 0 Å². The van der Waals surface area contributed by atoms with E-state index in [1.165, 1.54) is 25.3 Å². The lowest BCUT2D eigenvalue weighted by Gasteiger charge is -2.34. The minimum Gasteiger partial charge on any atom is -0.339 e. The molecule has 2 heterocycles. The Labute approximate surface area is 149 Å². The number of carbonyl (C=O) groups is 2. The van der Waals surface area contributed by atoms with Gasteiger partial charge in [0.2, 0.25) is 5.91 Å². The standard InChI is InChI=1S/C18H18F2N4O2/c1-12(25)23-7-9-24(10-8-23)18(26)13-5-6-16(21-11-13)22-17-14(19)3-2-4-15(17)20/h2-6,11H,7-10H2,1H3,(H,21,22). The summed E-state index contributed by atoms with van der Waals surface area (Å²) in [5, 5.41) is 2.57. The van der Waals surface area contributed by atoms with Gasteiger partial charge < -0.3 is 15.1 Å². The Bertz CT molecular complexity index is 798. The lowest BCUT2D eigenvalue weighted by molar-refractivity contribution is -0.130. The molecule has 1 fully saturated rings. The van der Waals surface area contributed by atoms with Gasteiger partial charge in [-0.2, -0.15) is 0 Å². The van der Waals surface area contributed by atoms with Crippen LogP contribution in [0.2, 0.25) is 0 Å². The number of rotatable bonds is 3. The molecule has 0 spiro atoms. The van der Waals surface area contributed by atoms with Crippen LogP contribution in [0.25, 0.3) is 0 Å². The highest BCUT2D eigenvalue weighted by molar-refractivity contribution is 5.94. The molecule has 1 aromatic heterocycles. The Morgan fingerprint density at radius 2 is 1.62 bits per heavy atom. The zero-order valence-electron chi connectivity index (χ0n) is 14.2. The van der Waals surface area contributed by atoms with Crippen LogP contribution < -0.4 is 5.32 Å². The third-order valence-corrected chi connectivity index (χ3v) is 4.24. The molecule has 0 aliphatic carbocycles. The number of halogens is 2. The summed E-state index contributed by atoms with van der Waals surface area (Å²) in [4.78, 5) is 31.2. The van der Waals surface area contributed by atoms with Crippen molar-refractivity contribution in [1.29, 1.82) is 0 Å². The number of para-hydroxylation sites is 1. The Morgan fingerprint density at radius 1 is 1.00 bits per heavy atom. The molecule has 0 unspecified atom stereocenters. The first kappa shape index (κ1) is 17.8. The Morgan fingerprint density at radius 3 is 2.15 bits per heavy atom. The van der Waals surface area contributed by atoms with Crippen molar-refractivity contribution in [2.75, 3.05) is 31.5 Å². The summed E-state index contributed by atoms with van der Waals surface area (Å²) in [6, 6.07) is 6.60. The van der Waals surface area contributed by atoms with Crippen molar-refractivity contribution in [3.05, 3.63) is 53.7 Å². The van der Waals surface area contributed by atoms with Gasteiger partial charge in [-0.15, -0.1) is 0 Å². The first-order valence-electron chi connectivity index (χ1n) is 8.17. The van der Waals surface area contributed by atoms with Crippen LogP contribution in [0.4, 0.5) is 20.3 Å². The van der Waals surface area contributed by atoms with E-state index in [1.54, 1.807) is 15.9 Å². The number of pyridine rings is 1. The fourth-order valence-corrected chi connectivity index (χ4v) is 2.75. The van der Waals surface area contributed by atoms with E-state index in [4.69, 9.17) is 0 Å². The minimum atomic E-state index is -0.727. The van der Waals surface area contributed by atoms with Gasteiger partial charge in [0.05, 0.1) is 5.56 Å². The molecule has 1 N–H and O–H groups in total. The number of amides is 2. The highest BCUT2D eigenvalue weighted by Gasteiger charge is 2.23. The second-order valence-electron chi connectivity index (χ2n) is 5.95. The highest BCUT2D eigenvalue weighted by Crippen LogP contribution is 2.22. The first-order chi connectivity index (χ1) is 12.5. The van der Waals surface area contributed by atoms with Crippen molar-refractivity contribution in [1.82, 2.24) is 14.8 Å². The van der Waals surface area contributed by atoms with Crippen LogP contribution in [0, 0.1) is 11.6 Å². The van der Waals surface area contributed by atoms with Crippen molar-refractivity contribution in [2.45, 2.75) is 6.92 Å². The molecular weight excluding hydrogens is 342 g/mol. The summed E-state index contributed by atoms with van der Waals surface area (Å²) in [7, 11) is 0. The van der Waals surface area contributed by atoms with Gasteiger partial charge in [0.1, 0.15) is 23.1 Å². The van der Waals surface area contributed by atoms with Crippen LogP contribution in [0.3, 0.4) is 0 Å². The molecule has 1 saturated heterocycles. The molecule has 0 bridgehead atoms. The number of carbonyl (C=O) groups excluding carboxylic acids is 2. The normalized spacial score (nSPS) is 14.3. The van der Waals surface area contributed by atoms with Gasteiger partial charge in [0.25, 0.3) is 5.91 Å². The zero-order valence-corrected chi connectivity index (χ0v) is 14.2. The number of hydrogen-bond donors (Lipinski definition) is 1. The second-order valence-corrected chi connectivity index (χ2v) is 5.95. The molecule has 2 amide bonds. The largest absolute Gasteiger partial charge is 0.339 e. The maximum Gasteiger partial charge on any atom is 0.255 e. The van der Waals surface area contributed by atoms with E-state index in [0.29, 0.717) is 31.7 Å². The average molecular weight is 360 g/mol. The number of hydrogen-bond acceptors (Lipinski definition) is 4. The lowest BCUT2D eigenvalue weighted by Crippen LogP contribution is -2.50. The predicted octanol–water partition coefficient (Wildman–Crippen LogP) is 2.41. The van der Waals surface area contributed by atoms with E-state index in [-0.39, 0.29) is 23.3 Å². The average Bonchev–Trinajstić information content (AvgIpc) is 2.65. The monoisotopic (exact) mass is 360 g/mol. The zero-order chi connectivity index (χ0) is 18.7. The summed E-state index contributed by atoms with van der Waals surface area (Å²) < 4.78 is 27.3. The minimum absolute atomic E-state index is 0.00503. The highest BCUT2D eigenvalue weighted by atomic mass is 19.1. The van der Waals surface area contributed by atoms with Gasteiger partial charge in [-0.25, -0.2) is 13.8 Å². The summed E-state index contributed by atoms with van der Waals surface area (Å²) in [6.07, 6.45) is 1.36. The quantitative estimate of drug-likeness (QED) is 0.913. The number of anilines is 2. The van der Waals surface area contributed by atoms with Crippen molar-refractivity contribution >= 4 is 23.3 Å². The number of nitrogens with one attached hydrogen (secondary N) is 1. The lowest BCUT2D eigenvalue weighted by atomic mass is 10.2. The van der Waals surface area contributed by atoms with Gasteiger partial charge in [-0.3, -0.25) is 9.59 Å².